The van der Waals surface area contributed by atoms with Gasteiger partial charge in [0.25, 0.3) is 0 Å². The number of benzene rings is 1. The molecule has 8 nitrogen and oxygen atoms in total. The third-order valence-corrected chi connectivity index (χ3v) is 5.54. The number of nitrogens with zero attached hydrogens (tertiary/aromatic N) is 4. The highest BCUT2D eigenvalue weighted by molar-refractivity contribution is 5.55. The minimum absolute atomic E-state index is 0.0961. The molecule has 0 unspecified atom stereocenters. The molecule has 2 aliphatic heterocycles. The minimum Gasteiger partial charge on any atom is -0.493 e. The molecule has 2 aliphatic rings. The number of ether oxygens (including phenoxy) is 4. The molecule has 3 heterocycles. The third kappa shape index (κ3) is 3.54. The molecule has 1 saturated heterocycles. The average Bonchev–Trinajstić information content (AvgIpc) is 3.35. The van der Waals surface area contributed by atoms with Gasteiger partial charge in [-0.05, 0) is 18.9 Å². The molecule has 152 valence electrons. The van der Waals surface area contributed by atoms with Crippen molar-refractivity contribution < 1.29 is 18.9 Å². The summed E-state index contributed by atoms with van der Waals surface area (Å²) in [5, 5.41) is 8.85. The summed E-state index contributed by atoms with van der Waals surface area (Å²) in [5.41, 5.74) is 1.08. The van der Waals surface area contributed by atoms with Crippen LogP contribution < -0.4 is 14.2 Å². The van der Waals surface area contributed by atoms with Gasteiger partial charge in [-0.2, -0.15) is 0 Å². The van der Waals surface area contributed by atoms with Crippen LogP contribution in [0.5, 0.6) is 17.2 Å². The fourth-order valence-electron chi connectivity index (χ4n) is 4.10. The van der Waals surface area contributed by atoms with E-state index >= 15 is 0 Å². The molecule has 2 aromatic rings. The van der Waals surface area contributed by atoms with Crippen molar-refractivity contribution >= 4 is 0 Å². The lowest BCUT2D eigenvalue weighted by atomic mass is 10.1. The van der Waals surface area contributed by atoms with Crippen LogP contribution >= 0.6 is 0 Å². The SMILES string of the molecule is COc1ccc(CN2CCc3nnc([C@@H]4CCCO4)n3CC2)c(OC)c1OC. The molecule has 4 rings (SSSR count). The maximum atomic E-state index is 5.83. The standard InChI is InChI=1S/C20H28N4O4/c1-25-15-7-6-14(18(26-2)19(15)27-3)13-23-9-8-17-21-22-20(24(17)11-10-23)16-5-4-12-28-16/h6-7,16H,4-5,8-13H2,1-3H3/t16-/m0/s1. The van der Waals surface area contributed by atoms with Crippen LogP contribution in [-0.2, 0) is 24.2 Å². The normalized spacial score (nSPS) is 19.9. The van der Waals surface area contributed by atoms with E-state index in [1.807, 2.05) is 12.1 Å². The molecule has 28 heavy (non-hydrogen) atoms. The summed E-state index contributed by atoms with van der Waals surface area (Å²) < 4.78 is 24.6. The van der Waals surface area contributed by atoms with Crippen LogP contribution in [0.3, 0.4) is 0 Å². The molecule has 1 atom stereocenters. The molecule has 8 heteroatoms. The molecule has 1 aromatic carbocycles. The number of aromatic nitrogens is 3. The first-order valence-electron chi connectivity index (χ1n) is 9.79. The fourth-order valence-corrected chi connectivity index (χ4v) is 4.10. The summed E-state index contributed by atoms with van der Waals surface area (Å²) in [7, 11) is 4.93. The second-order valence-electron chi connectivity index (χ2n) is 7.15. The average molecular weight is 388 g/mol. The highest BCUT2D eigenvalue weighted by Crippen LogP contribution is 2.40. The van der Waals surface area contributed by atoms with Crippen molar-refractivity contribution in [1.82, 2.24) is 19.7 Å². The van der Waals surface area contributed by atoms with Crippen molar-refractivity contribution in [3.8, 4) is 17.2 Å². The largest absolute Gasteiger partial charge is 0.493 e. The van der Waals surface area contributed by atoms with Crippen molar-refractivity contribution in [1.29, 1.82) is 0 Å². The zero-order chi connectivity index (χ0) is 19.5. The van der Waals surface area contributed by atoms with Gasteiger partial charge in [0.1, 0.15) is 11.9 Å². The number of hydrogen-bond donors (Lipinski definition) is 0. The first-order chi connectivity index (χ1) is 13.7. The van der Waals surface area contributed by atoms with E-state index in [1.165, 1.54) is 0 Å². The molecule has 0 amide bonds. The third-order valence-electron chi connectivity index (χ3n) is 5.54. The predicted molar refractivity (Wildman–Crippen MR) is 103 cm³/mol. The van der Waals surface area contributed by atoms with E-state index in [9.17, 15) is 0 Å². The van der Waals surface area contributed by atoms with Gasteiger partial charge in [0.2, 0.25) is 5.75 Å². The fraction of sp³-hybridized carbons (Fsp3) is 0.600. The van der Waals surface area contributed by atoms with Gasteiger partial charge in [-0.25, -0.2) is 0 Å². The second-order valence-corrected chi connectivity index (χ2v) is 7.15. The highest BCUT2D eigenvalue weighted by atomic mass is 16.5. The van der Waals surface area contributed by atoms with Gasteiger partial charge < -0.3 is 23.5 Å². The van der Waals surface area contributed by atoms with Gasteiger partial charge in [0.05, 0.1) is 21.3 Å². The van der Waals surface area contributed by atoms with E-state index in [2.05, 4.69) is 19.7 Å². The van der Waals surface area contributed by atoms with Crippen molar-refractivity contribution in [2.24, 2.45) is 0 Å². The first kappa shape index (κ1) is 19.0. The van der Waals surface area contributed by atoms with Gasteiger partial charge >= 0.3 is 0 Å². The molecule has 0 aliphatic carbocycles. The maximum Gasteiger partial charge on any atom is 0.203 e. The number of methoxy groups -OCH3 is 3. The molecule has 0 spiro atoms. The maximum absolute atomic E-state index is 5.83. The zero-order valence-electron chi connectivity index (χ0n) is 16.8. The molecule has 0 saturated carbocycles. The second kappa shape index (κ2) is 8.36. The van der Waals surface area contributed by atoms with E-state index in [1.54, 1.807) is 21.3 Å². The Bertz CT molecular complexity index is 817. The van der Waals surface area contributed by atoms with Crippen LogP contribution in [0.25, 0.3) is 0 Å². The Hall–Kier alpha value is -2.32. The van der Waals surface area contributed by atoms with E-state index in [0.29, 0.717) is 11.5 Å². The van der Waals surface area contributed by atoms with Crippen molar-refractivity contribution in [3.63, 3.8) is 0 Å². The van der Waals surface area contributed by atoms with E-state index in [0.717, 1.165) is 75.0 Å². The Morgan fingerprint density at radius 1 is 1.04 bits per heavy atom. The Morgan fingerprint density at radius 2 is 1.89 bits per heavy atom. The van der Waals surface area contributed by atoms with Crippen LogP contribution in [0.4, 0.5) is 0 Å². The van der Waals surface area contributed by atoms with Crippen LogP contribution in [0.1, 0.15) is 36.2 Å². The lowest BCUT2D eigenvalue weighted by Crippen LogP contribution is -2.27. The van der Waals surface area contributed by atoms with Crippen molar-refractivity contribution in [3.05, 3.63) is 29.3 Å². The van der Waals surface area contributed by atoms with Crippen LogP contribution in [0.2, 0.25) is 0 Å². The van der Waals surface area contributed by atoms with E-state index in [-0.39, 0.29) is 6.10 Å². The smallest absolute Gasteiger partial charge is 0.203 e. The van der Waals surface area contributed by atoms with Gasteiger partial charge in [0, 0.05) is 44.8 Å². The summed E-state index contributed by atoms with van der Waals surface area (Å²) in [6.07, 6.45) is 3.09. The first-order valence-corrected chi connectivity index (χ1v) is 9.79. The Balaban J connectivity index is 1.50. The lowest BCUT2D eigenvalue weighted by Gasteiger charge is -2.22. The van der Waals surface area contributed by atoms with E-state index < -0.39 is 0 Å². The summed E-state index contributed by atoms with van der Waals surface area (Å²) in [6.45, 7) is 4.30. The molecule has 0 bridgehead atoms. The quantitative estimate of drug-likeness (QED) is 0.751. The summed E-state index contributed by atoms with van der Waals surface area (Å²) >= 11 is 0. The lowest BCUT2D eigenvalue weighted by molar-refractivity contribution is 0.101. The number of hydrogen-bond acceptors (Lipinski definition) is 7. The van der Waals surface area contributed by atoms with Gasteiger partial charge in [-0.15, -0.1) is 10.2 Å². The Kier molecular flexibility index (Phi) is 5.68. The van der Waals surface area contributed by atoms with Crippen molar-refractivity contribution in [2.45, 2.75) is 38.5 Å². The molecule has 0 radical (unpaired) electrons. The van der Waals surface area contributed by atoms with Crippen LogP contribution in [0, 0.1) is 0 Å². The molecular weight excluding hydrogens is 360 g/mol. The predicted octanol–water partition coefficient (Wildman–Crippen LogP) is 2.21. The number of rotatable bonds is 6. The minimum atomic E-state index is 0.0961. The Labute approximate surface area is 165 Å². The van der Waals surface area contributed by atoms with Crippen LogP contribution in [0.15, 0.2) is 12.1 Å². The van der Waals surface area contributed by atoms with Crippen molar-refractivity contribution in [2.75, 3.05) is 41.0 Å². The molecular formula is C20H28N4O4. The summed E-state index contributed by atoms with van der Waals surface area (Å²) in [5.74, 6) is 4.07. The highest BCUT2D eigenvalue weighted by Gasteiger charge is 2.27. The van der Waals surface area contributed by atoms with Gasteiger partial charge in [-0.3, -0.25) is 4.90 Å². The Morgan fingerprint density at radius 3 is 2.61 bits per heavy atom. The number of fused-ring (bicyclic) bond motifs is 1. The zero-order valence-corrected chi connectivity index (χ0v) is 16.8. The summed E-state index contributed by atoms with van der Waals surface area (Å²) in [4.78, 5) is 2.41. The molecule has 1 fully saturated rings. The monoisotopic (exact) mass is 388 g/mol. The summed E-state index contributed by atoms with van der Waals surface area (Å²) in [6, 6.07) is 3.97. The molecule has 1 aromatic heterocycles. The van der Waals surface area contributed by atoms with Crippen LogP contribution in [-0.4, -0.2) is 60.7 Å². The topological polar surface area (TPSA) is 70.9 Å². The molecule has 0 N–H and O–H groups in total. The van der Waals surface area contributed by atoms with Gasteiger partial charge in [0.15, 0.2) is 17.3 Å². The van der Waals surface area contributed by atoms with Gasteiger partial charge in [-0.1, -0.05) is 6.07 Å². The van der Waals surface area contributed by atoms with E-state index in [4.69, 9.17) is 18.9 Å².